The normalized spacial score (nSPS) is 23.6. The van der Waals surface area contributed by atoms with E-state index in [9.17, 15) is 15.2 Å². The number of nitro benzene ring substituents is 1. The zero-order chi connectivity index (χ0) is 14.8. The highest BCUT2D eigenvalue weighted by Gasteiger charge is 2.28. The van der Waals surface area contributed by atoms with Crippen LogP contribution in [0.3, 0.4) is 0 Å². The first-order chi connectivity index (χ1) is 9.41. The van der Waals surface area contributed by atoms with Crippen LogP contribution in [0, 0.1) is 10.1 Å². The molecule has 0 bridgehead atoms. The minimum atomic E-state index is -0.678. The van der Waals surface area contributed by atoms with Crippen molar-refractivity contribution in [2.45, 2.75) is 31.9 Å². The Kier molecular flexibility index (Phi) is 4.22. The summed E-state index contributed by atoms with van der Waals surface area (Å²) in [5.74, 6) is 5.26. The number of hydrogen-bond donors (Lipinski definition) is 3. The van der Waals surface area contributed by atoms with Crippen molar-refractivity contribution in [1.82, 2.24) is 4.90 Å². The van der Waals surface area contributed by atoms with E-state index in [1.54, 1.807) is 6.07 Å². The molecule has 1 aliphatic heterocycles. The van der Waals surface area contributed by atoms with Crippen LogP contribution in [-0.2, 0) is 6.54 Å². The molecule has 1 atom stereocenters. The summed E-state index contributed by atoms with van der Waals surface area (Å²) in [5, 5.41) is 21.1. The molecule has 1 heterocycles. The number of likely N-dealkylation sites (tertiary alicyclic amines) is 1. The first-order valence-electron chi connectivity index (χ1n) is 6.60. The molecular formula is C13H20N4O3. The fraction of sp³-hybridized carbons (Fsp3) is 0.538. The molecule has 7 nitrogen and oxygen atoms in total. The van der Waals surface area contributed by atoms with Crippen molar-refractivity contribution in [3.63, 3.8) is 0 Å². The number of anilines is 1. The molecule has 0 amide bonds. The van der Waals surface area contributed by atoms with Gasteiger partial charge in [-0.1, -0.05) is 6.07 Å². The quantitative estimate of drug-likeness (QED) is 0.435. The van der Waals surface area contributed by atoms with Crippen molar-refractivity contribution in [2.75, 3.05) is 18.5 Å². The van der Waals surface area contributed by atoms with Gasteiger partial charge in [0.2, 0.25) is 0 Å². The van der Waals surface area contributed by atoms with Crippen LogP contribution in [0.2, 0.25) is 0 Å². The standard InChI is InChI=1S/C13H20N4O3/c1-13(18)5-2-6-16(9-13)8-10-3-4-11(15-14)12(7-10)17(19)20/h3-4,7,15,18H,2,5-6,8-9,14H2,1H3. The predicted octanol–water partition coefficient (Wildman–Crippen LogP) is 1.23. The van der Waals surface area contributed by atoms with Crippen LogP contribution in [-0.4, -0.2) is 33.6 Å². The largest absolute Gasteiger partial charge is 0.389 e. The summed E-state index contributed by atoms with van der Waals surface area (Å²) in [5.41, 5.74) is 2.75. The number of hydrogen-bond acceptors (Lipinski definition) is 6. The van der Waals surface area contributed by atoms with Crippen molar-refractivity contribution >= 4 is 11.4 Å². The summed E-state index contributed by atoms with van der Waals surface area (Å²) in [6.07, 6.45) is 1.72. The number of benzene rings is 1. The first kappa shape index (κ1) is 14.7. The highest BCUT2D eigenvalue weighted by molar-refractivity contribution is 5.61. The molecule has 0 aliphatic carbocycles. The van der Waals surface area contributed by atoms with Crippen LogP contribution in [0.5, 0.6) is 0 Å². The Hall–Kier alpha value is -1.70. The van der Waals surface area contributed by atoms with Gasteiger partial charge in [-0.25, -0.2) is 0 Å². The lowest BCUT2D eigenvalue weighted by Crippen LogP contribution is -2.45. The fourth-order valence-electron chi connectivity index (χ4n) is 2.67. The van der Waals surface area contributed by atoms with Crippen LogP contribution >= 0.6 is 0 Å². The Labute approximate surface area is 117 Å². The van der Waals surface area contributed by atoms with Crippen LogP contribution in [0.25, 0.3) is 0 Å². The molecule has 7 heteroatoms. The molecule has 1 aliphatic rings. The molecule has 4 N–H and O–H groups in total. The Morgan fingerprint density at radius 1 is 1.60 bits per heavy atom. The van der Waals surface area contributed by atoms with Gasteiger partial charge in [0.15, 0.2) is 0 Å². The molecule has 1 fully saturated rings. The minimum Gasteiger partial charge on any atom is -0.389 e. The van der Waals surface area contributed by atoms with E-state index >= 15 is 0 Å². The number of nitrogens with two attached hydrogens (primary N) is 1. The summed E-state index contributed by atoms with van der Waals surface area (Å²) in [4.78, 5) is 12.6. The summed E-state index contributed by atoms with van der Waals surface area (Å²) in [6.45, 7) is 3.88. The van der Waals surface area contributed by atoms with Crippen molar-refractivity contribution in [3.05, 3.63) is 33.9 Å². The van der Waals surface area contributed by atoms with Crippen molar-refractivity contribution in [3.8, 4) is 0 Å². The molecular weight excluding hydrogens is 260 g/mol. The zero-order valence-corrected chi connectivity index (χ0v) is 11.5. The van der Waals surface area contributed by atoms with Gasteiger partial charge < -0.3 is 10.5 Å². The number of hydrazine groups is 1. The lowest BCUT2D eigenvalue weighted by molar-refractivity contribution is -0.384. The number of β-amino-alcohol motifs (C(OH)–C–C–N with tert-alkyl or cyclic N) is 1. The summed E-state index contributed by atoms with van der Waals surface area (Å²) in [6, 6.07) is 4.94. The highest BCUT2D eigenvalue weighted by Crippen LogP contribution is 2.27. The maximum absolute atomic E-state index is 11.0. The molecule has 20 heavy (non-hydrogen) atoms. The van der Waals surface area contributed by atoms with Gasteiger partial charge in [0.1, 0.15) is 5.69 Å². The average Bonchev–Trinajstić information content (AvgIpc) is 2.37. The monoisotopic (exact) mass is 280 g/mol. The molecule has 110 valence electrons. The lowest BCUT2D eigenvalue weighted by atomic mass is 9.95. The number of piperidine rings is 1. The molecule has 1 unspecified atom stereocenters. The molecule has 1 aromatic rings. The average molecular weight is 280 g/mol. The molecule has 1 saturated heterocycles. The molecule has 0 saturated carbocycles. The number of nitro groups is 1. The molecule has 0 radical (unpaired) electrons. The zero-order valence-electron chi connectivity index (χ0n) is 11.5. The van der Waals surface area contributed by atoms with E-state index in [1.807, 2.05) is 13.0 Å². The topological polar surface area (TPSA) is 105 Å². The molecule has 1 aromatic carbocycles. The van der Waals surface area contributed by atoms with Crippen LogP contribution < -0.4 is 11.3 Å². The van der Waals surface area contributed by atoms with E-state index in [-0.39, 0.29) is 5.69 Å². The van der Waals surface area contributed by atoms with Gasteiger partial charge >= 0.3 is 0 Å². The van der Waals surface area contributed by atoms with E-state index in [2.05, 4.69) is 10.3 Å². The van der Waals surface area contributed by atoms with E-state index in [0.717, 1.165) is 24.9 Å². The van der Waals surface area contributed by atoms with Crippen molar-refractivity contribution < 1.29 is 10.0 Å². The van der Waals surface area contributed by atoms with Crippen LogP contribution in [0.4, 0.5) is 11.4 Å². The predicted molar refractivity (Wildman–Crippen MR) is 76.0 cm³/mol. The van der Waals surface area contributed by atoms with Gasteiger partial charge in [-0.3, -0.25) is 20.9 Å². The Balaban J connectivity index is 2.13. The van der Waals surface area contributed by atoms with Gasteiger partial charge in [0.05, 0.1) is 10.5 Å². The van der Waals surface area contributed by atoms with E-state index in [4.69, 9.17) is 5.84 Å². The van der Waals surface area contributed by atoms with E-state index < -0.39 is 10.5 Å². The maximum atomic E-state index is 11.0. The second kappa shape index (κ2) is 5.74. The van der Waals surface area contributed by atoms with Gasteiger partial charge in [-0.15, -0.1) is 0 Å². The number of rotatable bonds is 4. The van der Waals surface area contributed by atoms with Crippen LogP contribution in [0.1, 0.15) is 25.3 Å². The summed E-state index contributed by atoms with van der Waals surface area (Å²) < 4.78 is 0. The third-order valence-electron chi connectivity index (χ3n) is 3.57. The third-order valence-corrected chi connectivity index (χ3v) is 3.57. The minimum absolute atomic E-state index is 0.0335. The van der Waals surface area contributed by atoms with Gasteiger partial charge in [0, 0.05) is 19.2 Å². The summed E-state index contributed by atoms with van der Waals surface area (Å²) in [7, 11) is 0. The SMILES string of the molecule is CC1(O)CCCN(Cc2ccc(NN)c([N+](=O)[O-])c2)C1. The molecule has 2 rings (SSSR count). The highest BCUT2D eigenvalue weighted by atomic mass is 16.6. The molecule has 0 aromatic heterocycles. The lowest BCUT2D eigenvalue weighted by Gasteiger charge is -2.36. The number of aliphatic hydroxyl groups is 1. The summed E-state index contributed by atoms with van der Waals surface area (Å²) >= 11 is 0. The number of nitrogens with one attached hydrogen (secondary N) is 1. The van der Waals surface area contributed by atoms with Crippen molar-refractivity contribution in [2.24, 2.45) is 5.84 Å². The first-order valence-corrected chi connectivity index (χ1v) is 6.60. The third kappa shape index (κ3) is 3.44. The van der Waals surface area contributed by atoms with E-state index in [0.29, 0.717) is 18.8 Å². The number of nitrogens with zero attached hydrogens (tertiary/aromatic N) is 2. The second-order valence-electron chi connectivity index (χ2n) is 5.56. The fourth-order valence-corrected chi connectivity index (χ4v) is 2.67. The second-order valence-corrected chi connectivity index (χ2v) is 5.56. The van der Waals surface area contributed by atoms with E-state index in [1.165, 1.54) is 6.07 Å². The van der Waals surface area contributed by atoms with Gasteiger partial charge in [-0.2, -0.15) is 0 Å². The van der Waals surface area contributed by atoms with Crippen molar-refractivity contribution in [1.29, 1.82) is 0 Å². The Bertz CT molecular complexity index is 504. The van der Waals surface area contributed by atoms with Gasteiger partial charge in [-0.05, 0) is 37.9 Å². The Morgan fingerprint density at radius 2 is 2.35 bits per heavy atom. The molecule has 0 spiro atoms. The maximum Gasteiger partial charge on any atom is 0.293 e. The van der Waals surface area contributed by atoms with Gasteiger partial charge in [0.25, 0.3) is 5.69 Å². The van der Waals surface area contributed by atoms with Crippen LogP contribution in [0.15, 0.2) is 18.2 Å². The Morgan fingerprint density at radius 3 is 2.95 bits per heavy atom. The smallest absolute Gasteiger partial charge is 0.293 e. The number of nitrogen functional groups attached to an aromatic ring is 1.